The summed E-state index contributed by atoms with van der Waals surface area (Å²) in [5, 5.41) is 0. The molecule has 1 aliphatic rings. The Bertz CT molecular complexity index is 550. The lowest BCUT2D eigenvalue weighted by molar-refractivity contribution is 0.586. The minimum absolute atomic E-state index is 0.0513. The van der Waals surface area contributed by atoms with Crippen molar-refractivity contribution in [3.8, 4) is 0 Å². The second-order valence-corrected chi connectivity index (χ2v) is 6.91. The average molecular weight is 293 g/mol. The summed E-state index contributed by atoms with van der Waals surface area (Å²) in [6, 6.07) is 1.30. The maximum Gasteiger partial charge on any atom is 0.170 e. The molecule has 1 fully saturated rings. The molecule has 0 spiro atoms. The second-order valence-electron chi connectivity index (χ2n) is 4.41. The first kappa shape index (κ1) is 13.5. The molecule has 2 rings (SSSR count). The standard InChI is InChI=1S/C11H14ClFN2O2S/c1-15(9-3-5-18(16,17)7-9)11-10(13)8(6-12)2-4-14-11/h2,4,9H,3,5-7H2,1H3. The van der Waals surface area contributed by atoms with Gasteiger partial charge in [0.25, 0.3) is 0 Å². The molecule has 0 N–H and O–H groups in total. The van der Waals surface area contributed by atoms with Gasteiger partial charge in [0.05, 0.1) is 17.4 Å². The van der Waals surface area contributed by atoms with E-state index in [9.17, 15) is 12.8 Å². The topological polar surface area (TPSA) is 50.3 Å². The molecule has 0 aromatic carbocycles. The second kappa shape index (κ2) is 5.01. The van der Waals surface area contributed by atoms with Crippen molar-refractivity contribution in [1.29, 1.82) is 0 Å². The van der Waals surface area contributed by atoms with E-state index in [2.05, 4.69) is 4.98 Å². The number of sulfone groups is 1. The largest absolute Gasteiger partial charge is 0.353 e. The Hall–Kier alpha value is -0.880. The van der Waals surface area contributed by atoms with Crippen LogP contribution in [-0.4, -0.2) is 38.0 Å². The summed E-state index contributed by atoms with van der Waals surface area (Å²) in [7, 11) is -1.33. The number of alkyl halides is 1. The highest BCUT2D eigenvalue weighted by Gasteiger charge is 2.32. The third-order valence-electron chi connectivity index (χ3n) is 3.18. The monoisotopic (exact) mass is 292 g/mol. The van der Waals surface area contributed by atoms with Gasteiger partial charge in [0.15, 0.2) is 21.5 Å². The van der Waals surface area contributed by atoms with Gasteiger partial charge in [0.2, 0.25) is 0 Å². The average Bonchev–Trinajstić information content (AvgIpc) is 2.69. The first-order chi connectivity index (χ1) is 8.44. The zero-order valence-electron chi connectivity index (χ0n) is 9.94. The van der Waals surface area contributed by atoms with Gasteiger partial charge in [-0.25, -0.2) is 17.8 Å². The molecule has 1 aliphatic heterocycles. The molecule has 7 heteroatoms. The lowest BCUT2D eigenvalue weighted by Gasteiger charge is -2.25. The summed E-state index contributed by atoms with van der Waals surface area (Å²) < 4.78 is 36.9. The van der Waals surface area contributed by atoms with E-state index >= 15 is 0 Å². The smallest absolute Gasteiger partial charge is 0.170 e. The van der Waals surface area contributed by atoms with Crippen molar-refractivity contribution in [3.05, 3.63) is 23.6 Å². The van der Waals surface area contributed by atoms with E-state index in [4.69, 9.17) is 11.6 Å². The number of aromatic nitrogens is 1. The van der Waals surface area contributed by atoms with Crippen LogP contribution in [0.25, 0.3) is 0 Å². The molecule has 0 saturated carbocycles. The van der Waals surface area contributed by atoms with Crippen LogP contribution in [0.3, 0.4) is 0 Å². The number of rotatable bonds is 3. The predicted molar refractivity (Wildman–Crippen MR) is 69.2 cm³/mol. The van der Waals surface area contributed by atoms with Gasteiger partial charge in [-0.15, -0.1) is 11.6 Å². The molecule has 1 aromatic rings. The van der Waals surface area contributed by atoms with E-state index in [1.54, 1.807) is 11.9 Å². The van der Waals surface area contributed by atoms with Gasteiger partial charge in [-0.1, -0.05) is 0 Å². The van der Waals surface area contributed by atoms with Crippen LogP contribution in [0.4, 0.5) is 10.2 Å². The molecule has 0 amide bonds. The van der Waals surface area contributed by atoms with Crippen LogP contribution in [0.1, 0.15) is 12.0 Å². The number of halogens is 2. The molecular weight excluding hydrogens is 279 g/mol. The van der Waals surface area contributed by atoms with Gasteiger partial charge in [0, 0.05) is 24.8 Å². The Morgan fingerprint density at radius 2 is 2.33 bits per heavy atom. The van der Waals surface area contributed by atoms with Crippen molar-refractivity contribution in [3.63, 3.8) is 0 Å². The maximum absolute atomic E-state index is 14.0. The molecule has 0 aliphatic carbocycles. The molecule has 1 aromatic heterocycles. The fraction of sp³-hybridized carbons (Fsp3) is 0.545. The van der Waals surface area contributed by atoms with Crippen molar-refractivity contribution in [1.82, 2.24) is 4.98 Å². The molecule has 0 radical (unpaired) electrons. The summed E-state index contributed by atoms with van der Waals surface area (Å²) in [6.45, 7) is 0. The fourth-order valence-corrected chi connectivity index (χ4v) is 4.05. The van der Waals surface area contributed by atoms with Crippen LogP contribution >= 0.6 is 11.6 Å². The van der Waals surface area contributed by atoms with Crippen LogP contribution in [0.5, 0.6) is 0 Å². The van der Waals surface area contributed by atoms with Crippen molar-refractivity contribution in [2.75, 3.05) is 23.5 Å². The summed E-state index contributed by atoms with van der Waals surface area (Å²) in [4.78, 5) is 5.57. The highest BCUT2D eigenvalue weighted by molar-refractivity contribution is 7.91. The molecule has 4 nitrogen and oxygen atoms in total. The Balaban J connectivity index is 2.27. The van der Waals surface area contributed by atoms with E-state index in [0.29, 0.717) is 12.0 Å². The van der Waals surface area contributed by atoms with Crippen LogP contribution in [0.2, 0.25) is 0 Å². The zero-order chi connectivity index (χ0) is 13.3. The lowest BCUT2D eigenvalue weighted by atomic mass is 10.2. The van der Waals surface area contributed by atoms with Crippen LogP contribution in [-0.2, 0) is 15.7 Å². The Morgan fingerprint density at radius 1 is 1.61 bits per heavy atom. The number of hydrogen-bond acceptors (Lipinski definition) is 4. The first-order valence-electron chi connectivity index (χ1n) is 5.57. The molecule has 18 heavy (non-hydrogen) atoms. The van der Waals surface area contributed by atoms with Gasteiger partial charge in [-0.3, -0.25) is 0 Å². The first-order valence-corrected chi connectivity index (χ1v) is 7.93. The van der Waals surface area contributed by atoms with Crippen molar-refractivity contribution < 1.29 is 12.8 Å². The van der Waals surface area contributed by atoms with Crippen LogP contribution in [0, 0.1) is 5.82 Å². The molecule has 1 saturated heterocycles. The van der Waals surface area contributed by atoms with Crippen molar-refractivity contribution in [2.24, 2.45) is 0 Å². The highest BCUT2D eigenvalue weighted by Crippen LogP contribution is 2.25. The SMILES string of the molecule is CN(c1nccc(CCl)c1F)C1CCS(=O)(=O)C1. The highest BCUT2D eigenvalue weighted by atomic mass is 35.5. The Morgan fingerprint density at radius 3 is 2.89 bits per heavy atom. The lowest BCUT2D eigenvalue weighted by Crippen LogP contribution is -2.34. The minimum atomic E-state index is -2.99. The number of nitrogens with zero attached hydrogens (tertiary/aromatic N) is 2. The number of pyridine rings is 1. The number of hydrogen-bond donors (Lipinski definition) is 0. The maximum atomic E-state index is 14.0. The van der Waals surface area contributed by atoms with E-state index in [0.717, 1.165) is 0 Å². The third-order valence-corrected chi connectivity index (χ3v) is 5.22. The van der Waals surface area contributed by atoms with Gasteiger partial charge in [0.1, 0.15) is 0 Å². The van der Waals surface area contributed by atoms with Gasteiger partial charge >= 0.3 is 0 Å². The summed E-state index contributed by atoms with van der Waals surface area (Å²) >= 11 is 5.63. The quantitative estimate of drug-likeness (QED) is 0.794. The predicted octanol–water partition coefficient (Wildman–Crippen LogP) is 1.58. The van der Waals surface area contributed by atoms with Gasteiger partial charge in [-0.05, 0) is 12.5 Å². The molecule has 100 valence electrons. The molecular formula is C11H14ClFN2O2S. The third kappa shape index (κ3) is 2.59. The van der Waals surface area contributed by atoms with Crippen molar-refractivity contribution in [2.45, 2.75) is 18.3 Å². The van der Waals surface area contributed by atoms with E-state index in [1.807, 2.05) is 0 Å². The normalized spacial score (nSPS) is 22.1. The van der Waals surface area contributed by atoms with Gasteiger partial charge in [-0.2, -0.15) is 0 Å². The summed E-state index contributed by atoms with van der Waals surface area (Å²) in [5.41, 5.74) is 0.370. The molecule has 2 heterocycles. The van der Waals surface area contributed by atoms with E-state index in [-0.39, 0.29) is 29.2 Å². The van der Waals surface area contributed by atoms with Crippen LogP contribution < -0.4 is 4.90 Å². The summed E-state index contributed by atoms with van der Waals surface area (Å²) in [6.07, 6.45) is 1.99. The zero-order valence-corrected chi connectivity index (χ0v) is 11.5. The Labute approximate surface area is 111 Å². The molecule has 1 unspecified atom stereocenters. The summed E-state index contributed by atoms with van der Waals surface area (Å²) in [5.74, 6) is -0.0401. The molecule has 0 bridgehead atoms. The van der Waals surface area contributed by atoms with Crippen LogP contribution in [0.15, 0.2) is 12.3 Å². The minimum Gasteiger partial charge on any atom is -0.353 e. The van der Waals surface area contributed by atoms with Gasteiger partial charge < -0.3 is 4.90 Å². The number of anilines is 1. The Kier molecular flexibility index (Phi) is 3.77. The van der Waals surface area contributed by atoms with E-state index in [1.165, 1.54) is 12.3 Å². The van der Waals surface area contributed by atoms with E-state index < -0.39 is 15.7 Å². The fourth-order valence-electron chi connectivity index (χ4n) is 2.07. The molecule has 1 atom stereocenters. The van der Waals surface area contributed by atoms with Crippen molar-refractivity contribution >= 4 is 27.3 Å².